The lowest BCUT2D eigenvalue weighted by Crippen LogP contribution is -2.46. The molecule has 0 saturated carbocycles. The van der Waals surface area contributed by atoms with Crippen LogP contribution in [0, 0.1) is 5.92 Å². The first kappa shape index (κ1) is 13.3. The van der Waals surface area contributed by atoms with Gasteiger partial charge in [0, 0.05) is 26.2 Å². The van der Waals surface area contributed by atoms with Crippen molar-refractivity contribution in [3.63, 3.8) is 0 Å². The Bertz CT molecular complexity index is 204. The maximum absolute atomic E-state index is 2.67. The fourth-order valence-corrected chi connectivity index (χ4v) is 3.05. The first-order chi connectivity index (χ1) is 8.28. The monoisotopic (exact) mass is 239 g/mol. The number of rotatable bonds is 4. The molecule has 2 rings (SSSR count). The first-order valence-corrected chi connectivity index (χ1v) is 7.41. The van der Waals surface area contributed by atoms with Crippen LogP contribution >= 0.6 is 0 Å². The van der Waals surface area contributed by atoms with Crippen LogP contribution in [0.5, 0.6) is 0 Å². The molecule has 2 heterocycles. The van der Waals surface area contributed by atoms with E-state index in [0.29, 0.717) is 0 Å². The molecule has 0 unspecified atom stereocenters. The molecule has 100 valence electrons. The van der Waals surface area contributed by atoms with Crippen LogP contribution in [0.2, 0.25) is 0 Å². The molecule has 0 radical (unpaired) electrons. The van der Waals surface area contributed by atoms with Gasteiger partial charge >= 0.3 is 0 Å². The molecule has 0 N–H and O–H groups in total. The zero-order valence-electron chi connectivity index (χ0n) is 11.7. The third kappa shape index (κ3) is 4.23. The summed E-state index contributed by atoms with van der Waals surface area (Å²) in [6.07, 6.45) is 4.27. The summed E-state index contributed by atoms with van der Waals surface area (Å²) >= 11 is 0. The summed E-state index contributed by atoms with van der Waals surface area (Å²) in [5, 5.41) is 0. The molecule has 0 aliphatic carbocycles. The minimum atomic E-state index is 0.996. The van der Waals surface area contributed by atoms with Crippen LogP contribution in [0.1, 0.15) is 26.2 Å². The third-order valence-electron chi connectivity index (χ3n) is 4.60. The Hall–Kier alpha value is -0.120. The summed E-state index contributed by atoms with van der Waals surface area (Å²) in [6, 6.07) is 0. The number of piperazine rings is 1. The SMILES string of the molecule is CCN1CCN(CCC2CCN(C)CC2)CC1. The van der Waals surface area contributed by atoms with Crippen LogP contribution in [0.15, 0.2) is 0 Å². The van der Waals surface area contributed by atoms with Gasteiger partial charge in [-0.3, -0.25) is 0 Å². The Morgan fingerprint density at radius 3 is 2.06 bits per heavy atom. The van der Waals surface area contributed by atoms with E-state index in [1.807, 2.05) is 0 Å². The van der Waals surface area contributed by atoms with Gasteiger partial charge in [0.2, 0.25) is 0 Å². The van der Waals surface area contributed by atoms with Crippen molar-refractivity contribution in [2.75, 3.05) is 59.4 Å². The molecule has 0 spiro atoms. The normalized spacial score (nSPS) is 26.5. The van der Waals surface area contributed by atoms with E-state index in [9.17, 15) is 0 Å². The van der Waals surface area contributed by atoms with Crippen molar-refractivity contribution in [1.29, 1.82) is 0 Å². The van der Waals surface area contributed by atoms with E-state index in [1.54, 1.807) is 0 Å². The number of piperidine rings is 1. The van der Waals surface area contributed by atoms with Crippen molar-refractivity contribution in [3.8, 4) is 0 Å². The zero-order chi connectivity index (χ0) is 12.1. The summed E-state index contributed by atoms with van der Waals surface area (Å²) in [7, 11) is 2.25. The molecule has 3 heteroatoms. The van der Waals surface area contributed by atoms with E-state index in [-0.39, 0.29) is 0 Å². The minimum Gasteiger partial charge on any atom is -0.306 e. The lowest BCUT2D eigenvalue weighted by Gasteiger charge is -2.35. The van der Waals surface area contributed by atoms with Gasteiger partial charge in [0.1, 0.15) is 0 Å². The quantitative estimate of drug-likeness (QED) is 0.733. The van der Waals surface area contributed by atoms with Crippen LogP contribution < -0.4 is 0 Å². The fourth-order valence-electron chi connectivity index (χ4n) is 3.05. The first-order valence-electron chi connectivity index (χ1n) is 7.41. The summed E-state index contributed by atoms with van der Waals surface area (Å²) in [5.74, 6) is 0.996. The Morgan fingerprint density at radius 1 is 0.882 bits per heavy atom. The fraction of sp³-hybridized carbons (Fsp3) is 1.00. The van der Waals surface area contributed by atoms with Crippen LogP contribution in [0.4, 0.5) is 0 Å². The standard InChI is InChI=1S/C14H29N3/c1-3-16-10-12-17(13-11-16)9-6-14-4-7-15(2)8-5-14/h14H,3-13H2,1-2H3. The Kier molecular flexibility index (Phi) is 5.26. The number of likely N-dealkylation sites (N-methyl/N-ethyl adjacent to an activating group) is 1. The molecule has 2 saturated heterocycles. The molecule has 2 fully saturated rings. The second kappa shape index (κ2) is 6.72. The molecule has 0 atom stereocenters. The topological polar surface area (TPSA) is 9.72 Å². The van der Waals surface area contributed by atoms with E-state index in [0.717, 1.165) is 5.92 Å². The molecule has 0 aromatic heterocycles. The number of nitrogens with zero attached hydrogens (tertiary/aromatic N) is 3. The number of hydrogen-bond donors (Lipinski definition) is 0. The van der Waals surface area contributed by atoms with Gasteiger partial charge in [0.25, 0.3) is 0 Å². The highest BCUT2D eigenvalue weighted by atomic mass is 15.3. The highest BCUT2D eigenvalue weighted by Crippen LogP contribution is 2.20. The molecule has 0 amide bonds. The molecular formula is C14H29N3. The summed E-state index contributed by atoms with van der Waals surface area (Å²) in [5.41, 5.74) is 0. The number of hydrogen-bond acceptors (Lipinski definition) is 3. The zero-order valence-corrected chi connectivity index (χ0v) is 11.7. The predicted octanol–water partition coefficient (Wildman–Crippen LogP) is 1.36. The van der Waals surface area contributed by atoms with Crippen molar-refractivity contribution in [3.05, 3.63) is 0 Å². The summed E-state index contributed by atoms with van der Waals surface area (Å²) in [6.45, 7) is 12.6. The highest BCUT2D eigenvalue weighted by molar-refractivity contribution is 4.75. The Labute approximate surface area is 107 Å². The van der Waals surface area contributed by atoms with Crippen LogP contribution in [-0.2, 0) is 0 Å². The molecule has 3 nitrogen and oxygen atoms in total. The molecule has 0 bridgehead atoms. The molecule has 0 aromatic carbocycles. The Balaban J connectivity index is 1.59. The lowest BCUT2D eigenvalue weighted by atomic mass is 9.93. The van der Waals surface area contributed by atoms with E-state index < -0.39 is 0 Å². The second-order valence-corrected chi connectivity index (χ2v) is 5.81. The smallest absolute Gasteiger partial charge is 0.0110 e. The van der Waals surface area contributed by atoms with Gasteiger partial charge in [0.15, 0.2) is 0 Å². The van der Waals surface area contributed by atoms with Gasteiger partial charge in [-0.05, 0) is 58.4 Å². The maximum atomic E-state index is 2.67. The van der Waals surface area contributed by atoms with Crippen molar-refractivity contribution in [2.24, 2.45) is 5.92 Å². The van der Waals surface area contributed by atoms with E-state index in [4.69, 9.17) is 0 Å². The third-order valence-corrected chi connectivity index (χ3v) is 4.60. The highest BCUT2D eigenvalue weighted by Gasteiger charge is 2.19. The largest absolute Gasteiger partial charge is 0.306 e. The second-order valence-electron chi connectivity index (χ2n) is 5.81. The van der Waals surface area contributed by atoms with Crippen molar-refractivity contribution < 1.29 is 0 Å². The van der Waals surface area contributed by atoms with E-state index in [1.165, 1.54) is 71.6 Å². The minimum absolute atomic E-state index is 0.996. The summed E-state index contributed by atoms with van der Waals surface area (Å²) < 4.78 is 0. The van der Waals surface area contributed by atoms with Gasteiger partial charge in [-0.2, -0.15) is 0 Å². The maximum Gasteiger partial charge on any atom is 0.0110 e. The Morgan fingerprint density at radius 2 is 1.47 bits per heavy atom. The predicted molar refractivity (Wildman–Crippen MR) is 73.4 cm³/mol. The average Bonchev–Trinajstić information content (AvgIpc) is 2.39. The molecule has 0 aromatic rings. The van der Waals surface area contributed by atoms with Crippen LogP contribution in [-0.4, -0.2) is 74.1 Å². The molecule has 17 heavy (non-hydrogen) atoms. The van der Waals surface area contributed by atoms with Gasteiger partial charge in [-0.25, -0.2) is 0 Å². The van der Waals surface area contributed by atoms with Gasteiger partial charge in [-0.1, -0.05) is 6.92 Å². The number of likely N-dealkylation sites (tertiary alicyclic amines) is 1. The van der Waals surface area contributed by atoms with E-state index >= 15 is 0 Å². The van der Waals surface area contributed by atoms with Crippen molar-refractivity contribution in [1.82, 2.24) is 14.7 Å². The molecule has 2 aliphatic heterocycles. The van der Waals surface area contributed by atoms with Gasteiger partial charge < -0.3 is 14.7 Å². The lowest BCUT2D eigenvalue weighted by molar-refractivity contribution is 0.123. The van der Waals surface area contributed by atoms with Gasteiger partial charge in [-0.15, -0.1) is 0 Å². The molecular weight excluding hydrogens is 210 g/mol. The van der Waals surface area contributed by atoms with Crippen molar-refractivity contribution in [2.45, 2.75) is 26.2 Å². The molecule has 2 aliphatic rings. The van der Waals surface area contributed by atoms with Crippen LogP contribution in [0.3, 0.4) is 0 Å². The summed E-state index contributed by atoms with van der Waals surface area (Å²) in [4.78, 5) is 7.70. The van der Waals surface area contributed by atoms with E-state index in [2.05, 4.69) is 28.7 Å². The van der Waals surface area contributed by atoms with Crippen LogP contribution in [0.25, 0.3) is 0 Å². The van der Waals surface area contributed by atoms with Gasteiger partial charge in [0.05, 0.1) is 0 Å². The van der Waals surface area contributed by atoms with Crippen molar-refractivity contribution >= 4 is 0 Å². The average molecular weight is 239 g/mol.